The summed E-state index contributed by atoms with van der Waals surface area (Å²) < 4.78 is 34.3. The van der Waals surface area contributed by atoms with E-state index in [1.165, 1.54) is 135 Å². The van der Waals surface area contributed by atoms with E-state index in [-0.39, 0.29) is 25.6 Å². The molecule has 2 heterocycles. The van der Waals surface area contributed by atoms with Crippen molar-refractivity contribution in [2.24, 2.45) is 0 Å². The molecule has 14 nitrogen and oxygen atoms in total. The van der Waals surface area contributed by atoms with Crippen molar-refractivity contribution in [1.29, 1.82) is 0 Å². The molecule has 11 unspecified atom stereocenters. The molecular formula is C51H96O14. The van der Waals surface area contributed by atoms with E-state index < -0.39 is 80.7 Å². The van der Waals surface area contributed by atoms with Crippen molar-refractivity contribution in [1.82, 2.24) is 0 Å². The second-order valence-corrected chi connectivity index (χ2v) is 18.7. The van der Waals surface area contributed by atoms with Crippen LogP contribution in [0.3, 0.4) is 0 Å². The molecule has 2 aliphatic heterocycles. The third kappa shape index (κ3) is 27.5. The van der Waals surface area contributed by atoms with Gasteiger partial charge in [-0.1, -0.05) is 174 Å². The summed E-state index contributed by atoms with van der Waals surface area (Å²) in [6.07, 6.45) is 24.1. The summed E-state index contributed by atoms with van der Waals surface area (Å²) in [5, 5.41) is 72.1. The highest BCUT2D eigenvalue weighted by molar-refractivity contribution is 5.69. The van der Waals surface area contributed by atoms with Gasteiger partial charge in [0, 0.05) is 13.0 Å². The monoisotopic (exact) mass is 933 g/mol. The van der Waals surface area contributed by atoms with E-state index in [2.05, 4.69) is 26.0 Å². The number of aliphatic hydroxyl groups excluding tert-OH is 7. The highest BCUT2D eigenvalue weighted by atomic mass is 16.7. The summed E-state index contributed by atoms with van der Waals surface area (Å²) in [7, 11) is 0. The Hall–Kier alpha value is -1.27. The molecule has 0 aliphatic carbocycles. The fourth-order valence-corrected chi connectivity index (χ4v) is 8.46. The molecular weight excluding hydrogens is 837 g/mol. The highest BCUT2D eigenvalue weighted by Crippen LogP contribution is 2.26. The molecule has 14 heteroatoms. The lowest BCUT2D eigenvalue weighted by Crippen LogP contribution is -2.61. The Morgan fingerprint density at radius 3 is 1.42 bits per heavy atom. The zero-order chi connectivity index (χ0) is 47.3. The molecule has 11 atom stereocenters. The Kier molecular flexibility index (Phi) is 36.4. The van der Waals surface area contributed by atoms with Gasteiger partial charge in [-0.2, -0.15) is 0 Å². The third-order valence-corrected chi connectivity index (χ3v) is 12.8. The maximum Gasteiger partial charge on any atom is 0.306 e. The van der Waals surface area contributed by atoms with Crippen molar-refractivity contribution in [3.63, 3.8) is 0 Å². The summed E-state index contributed by atoms with van der Waals surface area (Å²) in [6, 6.07) is 0. The fraction of sp³-hybridized carbons (Fsp3) is 0.941. The normalized spacial score (nSPS) is 26.5. The lowest BCUT2D eigenvalue weighted by atomic mass is 9.98. The predicted octanol–water partition coefficient (Wildman–Crippen LogP) is 7.85. The molecule has 2 saturated heterocycles. The Morgan fingerprint density at radius 2 is 0.908 bits per heavy atom. The molecule has 0 spiro atoms. The summed E-state index contributed by atoms with van der Waals surface area (Å²) >= 11 is 0. The largest absolute Gasteiger partial charge is 0.457 e. The minimum Gasteiger partial charge on any atom is -0.457 e. The average molecular weight is 933 g/mol. The van der Waals surface area contributed by atoms with Gasteiger partial charge >= 0.3 is 5.97 Å². The van der Waals surface area contributed by atoms with Gasteiger partial charge in [0.1, 0.15) is 54.9 Å². The summed E-state index contributed by atoms with van der Waals surface area (Å²) in [4.78, 5) is 13.0. The first-order valence-electron chi connectivity index (χ1n) is 26.3. The van der Waals surface area contributed by atoms with Crippen LogP contribution >= 0.6 is 0 Å². The Labute approximate surface area is 393 Å². The number of carbonyl (C=O) groups is 1. The van der Waals surface area contributed by atoms with E-state index in [1.807, 2.05) is 0 Å². The first-order chi connectivity index (χ1) is 31.6. The van der Waals surface area contributed by atoms with Crippen LogP contribution in [0.5, 0.6) is 0 Å². The molecule has 0 aromatic rings. The Bertz CT molecular complexity index is 1130. The molecule has 0 radical (unpaired) electrons. The van der Waals surface area contributed by atoms with Crippen LogP contribution in [0.4, 0.5) is 0 Å². The standard InChI is InChI=1S/C51H96O14/c1-3-5-7-9-11-13-15-17-19-20-21-22-24-26-28-30-32-34-43(53)63-40(37-60-35-33-31-29-27-25-23-18-16-14-12-10-8-6-4-2)38-61-50-49(59)47(57)45(55)42(65-50)39-62-51-48(58)46(56)44(54)41(36-52)64-51/h14,16,40-42,44-52,54-59H,3-13,15,17-39H2,1-2H3/b16-14-. The number of aliphatic hydroxyl groups is 7. The first-order valence-corrected chi connectivity index (χ1v) is 26.3. The number of carbonyl (C=O) groups excluding carboxylic acids is 1. The van der Waals surface area contributed by atoms with Gasteiger partial charge in [-0.15, -0.1) is 0 Å². The molecule has 0 amide bonds. The van der Waals surface area contributed by atoms with E-state index >= 15 is 0 Å². The van der Waals surface area contributed by atoms with Crippen molar-refractivity contribution < 1.29 is 69.0 Å². The third-order valence-electron chi connectivity index (χ3n) is 12.8. The SMILES string of the molecule is CCCCCC/C=C\CCCCCCCCOCC(COC1OC(COC2OC(CO)C(O)C(O)C2O)C(O)C(O)C1O)OC(=O)CCCCCCCCCCCCCCCCCCC. The maximum atomic E-state index is 13.0. The quantitative estimate of drug-likeness (QED) is 0.0176. The van der Waals surface area contributed by atoms with Crippen LogP contribution < -0.4 is 0 Å². The van der Waals surface area contributed by atoms with E-state index in [0.29, 0.717) is 13.0 Å². The van der Waals surface area contributed by atoms with Gasteiger partial charge in [0.05, 0.1) is 26.4 Å². The van der Waals surface area contributed by atoms with Crippen LogP contribution in [-0.2, 0) is 33.2 Å². The second kappa shape index (κ2) is 39.6. The van der Waals surface area contributed by atoms with Gasteiger partial charge in [0.2, 0.25) is 0 Å². The van der Waals surface area contributed by atoms with Crippen molar-refractivity contribution in [3.8, 4) is 0 Å². The van der Waals surface area contributed by atoms with Crippen LogP contribution in [0.15, 0.2) is 12.2 Å². The van der Waals surface area contributed by atoms with Gasteiger partial charge in [-0.05, 0) is 38.5 Å². The minimum atomic E-state index is -1.70. The number of hydrogen-bond donors (Lipinski definition) is 7. The van der Waals surface area contributed by atoms with E-state index in [4.69, 9.17) is 28.4 Å². The predicted molar refractivity (Wildman–Crippen MR) is 252 cm³/mol. The molecule has 2 rings (SSSR count). The summed E-state index contributed by atoms with van der Waals surface area (Å²) in [6.45, 7) is 3.69. The lowest BCUT2D eigenvalue weighted by molar-refractivity contribution is -0.332. The van der Waals surface area contributed by atoms with E-state index in [9.17, 15) is 40.5 Å². The van der Waals surface area contributed by atoms with Crippen molar-refractivity contribution in [3.05, 3.63) is 12.2 Å². The number of hydrogen-bond acceptors (Lipinski definition) is 14. The molecule has 0 saturated carbocycles. The summed E-state index contributed by atoms with van der Waals surface area (Å²) in [5.41, 5.74) is 0. The van der Waals surface area contributed by atoms with Gasteiger partial charge in [0.15, 0.2) is 12.6 Å². The second-order valence-electron chi connectivity index (χ2n) is 18.7. The molecule has 0 aromatic carbocycles. The minimum absolute atomic E-state index is 0.0627. The smallest absolute Gasteiger partial charge is 0.306 e. The highest BCUT2D eigenvalue weighted by Gasteiger charge is 2.47. The molecule has 0 bridgehead atoms. The van der Waals surface area contributed by atoms with Crippen LogP contribution in [-0.4, -0.2) is 142 Å². The van der Waals surface area contributed by atoms with E-state index in [1.54, 1.807) is 0 Å². The molecule has 2 fully saturated rings. The van der Waals surface area contributed by atoms with Crippen molar-refractivity contribution in [2.45, 2.75) is 274 Å². The average Bonchev–Trinajstić information content (AvgIpc) is 3.30. The van der Waals surface area contributed by atoms with Crippen LogP contribution in [0, 0.1) is 0 Å². The zero-order valence-corrected chi connectivity index (χ0v) is 40.7. The lowest BCUT2D eigenvalue weighted by Gasteiger charge is -2.42. The van der Waals surface area contributed by atoms with Crippen LogP contribution in [0.2, 0.25) is 0 Å². The molecule has 384 valence electrons. The van der Waals surface area contributed by atoms with Gasteiger partial charge in [-0.25, -0.2) is 0 Å². The Balaban J connectivity index is 1.76. The maximum absolute atomic E-state index is 13.0. The van der Waals surface area contributed by atoms with Gasteiger partial charge < -0.3 is 64.2 Å². The fourth-order valence-electron chi connectivity index (χ4n) is 8.46. The molecule has 7 N–H and O–H groups in total. The number of ether oxygens (including phenoxy) is 6. The van der Waals surface area contributed by atoms with E-state index in [0.717, 1.165) is 44.9 Å². The number of rotatable bonds is 42. The number of esters is 1. The molecule has 0 aromatic heterocycles. The van der Waals surface area contributed by atoms with Crippen LogP contribution in [0.25, 0.3) is 0 Å². The zero-order valence-electron chi connectivity index (χ0n) is 40.7. The topological polar surface area (TPSA) is 214 Å². The Morgan fingerprint density at radius 1 is 0.492 bits per heavy atom. The number of allylic oxidation sites excluding steroid dienone is 2. The van der Waals surface area contributed by atoms with Gasteiger partial charge in [-0.3, -0.25) is 4.79 Å². The molecule has 2 aliphatic rings. The molecule has 65 heavy (non-hydrogen) atoms. The first kappa shape index (κ1) is 59.9. The van der Waals surface area contributed by atoms with Gasteiger partial charge in [0.25, 0.3) is 0 Å². The van der Waals surface area contributed by atoms with Crippen molar-refractivity contribution >= 4 is 5.97 Å². The summed E-state index contributed by atoms with van der Waals surface area (Å²) in [5.74, 6) is -0.374. The number of unbranched alkanes of at least 4 members (excludes halogenated alkanes) is 26. The van der Waals surface area contributed by atoms with Crippen LogP contribution in [0.1, 0.15) is 206 Å². The van der Waals surface area contributed by atoms with Crippen molar-refractivity contribution in [2.75, 3.05) is 33.0 Å².